The van der Waals surface area contributed by atoms with Crippen LogP contribution in [0.1, 0.15) is 40.3 Å². The van der Waals surface area contributed by atoms with Crippen molar-refractivity contribution in [2.24, 2.45) is 0 Å². The number of halogens is 3. The summed E-state index contributed by atoms with van der Waals surface area (Å²) in [5.41, 5.74) is 2.80. The minimum atomic E-state index is -5.08. The number of rotatable bonds is 2. The van der Waals surface area contributed by atoms with Crippen LogP contribution >= 0.6 is 0 Å². The van der Waals surface area contributed by atoms with Crippen molar-refractivity contribution in [3.63, 3.8) is 0 Å². The molecule has 8 nitrogen and oxygen atoms in total. The highest BCUT2D eigenvalue weighted by Crippen LogP contribution is 2.40. The highest BCUT2D eigenvalue weighted by molar-refractivity contribution is 5.96. The van der Waals surface area contributed by atoms with E-state index in [-0.39, 0.29) is 11.3 Å². The van der Waals surface area contributed by atoms with E-state index in [9.17, 15) is 18.0 Å². The summed E-state index contributed by atoms with van der Waals surface area (Å²) in [6.07, 6.45) is 2.16. The predicted octanol–water partition coefficient (Wildman–Crippen LogP) is 2.63. The van der Waals surface area contributed by atoms with Crippen LogP contribution in [0.15, 0.2) is 29.2 Å². The number of piperidine rings is 1. The summed E-state index contributed by atoms with van der Waals surface area (Å²) < 4.78 is 36.9. The molecule has 2 aliphatic rings. The van der Waals surface area contributed by atoms with Crippen molar-refractivity contribution in [1.82, 2.24) is 19.8 Å². The minimum Gasteiger partial charge on any atom is -0.475 e. The number of likely N-dealkylation sites (tertiary alicyclic amines) is 1. The van der Waals surface area contributed by atoms with Crippen LogP contribution in [0.25, 0.3) is 0 Å². The Balaban J connectivity index is 0.000000339. The summed E-state index contributed by atoms with van der Waals surface area (Å²) in [7, 11) is 1.88. The van der Waals surface area contributed by atoms with Crippen molar-refractivity contribution in [3.05, 3.63) is 47.4 Å². The Morgan fingerprint density at radius 2 is 1.97 bits per heavy atom. The summed E-state index contributed by atoms with van der Waals surface area (Å²) in [6.45, 7) is 5.54. The van der Waals surface area contributed by atoms with Crippen molar-refractivity contribution in [2.45, 2.75) is 37.9 Å². The van der Waals surface area contributed by atoms with Crippen LogP contribution in [0.2, 0.25) is 0 Å². The van der Waals surface area contributed by atoms with Gasteiger partial charge in [0.15, 0.2) is 0 Å². The maximum absolute atomic E-state index is 12.5. The van der Waals surface area contributed by atoms with Crippen molar-refractivity contribution in [2.75, 3.05) is 26.7 Å². The second-order valence-electron chi connectivity index (χ2n) is 7.83. The second-order valence-corrected chi connectivity index (χ2v) is 7.83. The van der Waals surface area contributed by atoms with Crippen molar-refractivity contribution in [1.29, 1.82) is 0 Å². The molecule has 2 aromatic heterocycles. The molecular formula is C20H23F3N4O4. The molecule has 1 spiro atoms. The summed E-state index contributed by atoms with van der Waals surface area (Å²) in [5, 5.41) is 7.12. The first kappa shape index (κ1) is 22.7. The van der Waals surface area contributed by atoms with E-state index in [2.05, 4.69) is 14.9 Å². The van der Waals surface area contributed by atoms with Crippen LogP contribution in [0, 0.1) is 6.92 Å². The summed E-state index contributed by atoms with van der Waals surface area (Å²) in [4.78, 5) is 34.5. The molecule has 0 radical (unpaired) electrons. The largest absolute Gasteiger partial charge is 0.490 e. The first-order valence-electron chi connectivity index (χ1n) is 9.65. The van der Waals surface area contributed by atoms with Gasteiger partial charge < -0.3 is 14.4 Å². The molecule has 1 saturated heterocycles. The Labute approximate surface area is 176 Å². The van der Waals surface area contributed by atoms with Gasteiger partial charge in [-0.3, -0.25) is 9.69 Å². The van der Waals surface area contributed by atoms with Gasteiger partial charge >= 0.3 is 12.1 Å². The monoisotopic (exact) mass is 440 g/mol. The quantitative estimate of drug-likeness (QED) is 0.766. The molecule has 168 valence electrons. The highest BCUT2D eigenvalue weighted by Gasteiger charge is 2.45. The predicted molar refractivity (Wildman–Crippen MR) is 102 cm³/mol. The van der Waals surface area contributed by atoms with E-state index in [4.69, 9.17) is 14.3 Å². The number of aliphatic carboxylic acids is 1. The Kier molecular flexibility index (Phi) is 6.35. The average molecular weight is 440 g/mol. The molecule has 2 aromatic rings. The fourth-order valence-corrected chi connectivity index (χ4v) is 4.01. The number of hydrogen-bond acceptors (Lipinski definition) is 6. The smallest absolute Gasteiger partial charge is 0.475 e. The number of amides is 1. The lowest BCUT2D eigenvalue weighted by atomic mass is 9.71. The van der Waals surface area contributed by atoms with E-state index in [0.29, 0.717) is 5.56 Å². The van der Waals surface area contributed by atoms with Crippen LogP contribution in [0.4, 0.5) is 13.2 Å². The van der Waals surface area contributed by atoms with E-state index >= 15 is 0 Å². The number of furan rings is 1. The summed E-state index contributed by atoms with van der Waals surface area (Å²) in [5.74, 6) is -1.98. The third-order valence-corrected chi connectivity index (χ3v) is 5.57. The molecule has 0 saturated carbocycles. The Morgan fingerprint density at radius 1 is 1.32 bits per heavy atom. The summed E-state index contributed by atoms with van der Waals surface area (Å²) in [6, 6.07) is 2.02. The van der Waals surface area contributed by atoms with E-state index in [1.54, 1.807) is 12.5 Å². The number of hydrogen-bond donors (Lipinski definition) is 1. The zero-order valence-electron chi connectivity index (χ0n) is 17.1. The number of aryl methyl sites for hydroxylation is 1. The first-order chi connectivity index (χ1) is 14.5. The van der Waals surface area contributed by atoms with Crippen LogP contribution in [0.5, 0.6) is 0 Å². The average Bonchev–Trinajstić information content (AvgIpc) is 3.21. The van der Waals surface area contributed by atoms with Crippen LogP contribution in [-0.2, 0) is 16.8 Å². The number of carbonyl (C=O) groups is 2. The lowest BCUT2D eigenvalue weighted by molar-refractivity contribution is -0.192. The fourth-order valence-electron chi connectivity index (χ4n) is 4.01. The number of aromatic nitrogens is 2. The number of alkyl halides is 3. The van der Waals surface area contributed by atoms with Crippen molar-refractivity contribution >= 4 is 11.9 Å². The van der Waals surface area contributed by atoms with Gasteiger partial charge in [0.25, 0.3) is 5.91 Å². The van der Waals surface area contributed by atoms with Crippen molar-refractivity contribution in [3.8, 4) is 0 Å². The molecule has 1 amide bonds. The maximum Gasteiger partial charge on any atom is 0.490 e. The third kappa shape index (κ3) is 5.04. The minimum absolute atomic E-state index is 0.0384. The van der Waals surface area contributed by atoms with Crippen molar-refractivity contribution < 1.29 is 32.3 Å². The zero-order valence-corrected chi connectivity index (χ0v) is 17.1. The SMILES string of the molecule is Cc1ncc2c(n1)C1(CCN(Cc3ccoc3)CC1)CN(C)C2=O.O=C(O)C(F)(F)F. The van der Waals surface area contributed by atoms with Gasteiger partial charge in [-0.1, -0.05) is 0 Å². The van der Waals surface area contributed by atoms with Gasteiger partial charge in [0, 0.05) is 37.3 Å². The van der Waals surface area contributed by atoms with Gasteiger partial charge in [0.2, 0.25) is 0 Å². The number of carbonyl (C=O) groups excluding carboxylic acids is 1. The van der Waals surface area contributed by atoms with Crippen LogP contribution < -0.4 is 0 Å². The van der Waals surface area contributed by atoms with E-state index in [1.165, 1.54) is 5.56 Å². The molecule has 1 fully saturated rings. The third-order valence-electron chi connectivity index (χ3n) is 5.57. The topological polar surface area (TPSA) is 99.8 Å². The maximum atomic E-state index is 12.5. The molecule has 1 N–H and O–H groups in total. The Hall–Kier alpha value is -2.95. The fraction of sp³-hybridized carbons (Fsp3) is 0.500. The molecule has 11 heteroatoms. The molecular weight excluding hydrogens is 417 g/mol. The van der Waals surface area contributed by atoms with E-state index in [1.807, 2.05) is 31.2 Å². The van der Waals surface area contributed by atoms with E-state index in [0.717, 1.165) is 50.5 Å². The molecule has 0 aliphatic carbocycles. The standard InChI is InChI=1S/C18H22N4O2.C2HF3O2/c1-13-19-9-15-16(20-13)18(12-21(2)17(15)23)4-6-22(7-5-18)10-14-3-8-24-11-14;3-2(4,5)1(6)7/h3,8-9,11H,4-7,10,12H2,1-2H3;(H,6,7). The van der Waals surface area contributed by atoms with Gasteiger partial charge in [-0.25, -0.2) is 14.8 Å². The lowest BCUT2D eigenvalue weighted by Crippen LogP contribution is -2.53. The molecule has 2 aliphatic heterocycles. The van der Waals surface area contributed by atoms with E-state index < -0.39 is 12.1 Å². The van der Waals surface area contributed by atoms with Gasteiger partial charge in [-0.15, -0.1) is 0 Å². The number of carboxylic acids is 1. The van der Waals surface area contributed by atoms with Crippen LogP contribution in [-0.4, -0.2) is 69.6 Å². The van der Waals surface area contributed by atoms with Gasteiger partial charge in [-0.2, -0.15) is 13.2 Å². The molecule has 0 atom stereocenters. The number of fused-ring (bicyclic) bond motifs is 2. The summed E-state index contributed by atoms with van der Waals surface area (Å²) >= 11 is 0. The molecule has 4 heterocycles. The highest BCUT2D eigenvalue weighted by atomic mass is 19.4. The molecule has 31 heavy (non-hydrogen) atoms. The number of nitrogens with zero attached hydrogens (tertiary/aromatic N) is 4. The van der Waals surface area contributed by atoms with Gasteiger partial charge in [0.1, 0.15) is 5.82 Å². The first-order valence-corrected chi connectivity index (χ1v) is 9.65. The van der Waals surface area contributed by atoms with Gasteiger partial charge in [0.05, 0.1) is 23.8 Å². The Bertz CT molecular complexity index is 938. The molecule has 0 aromatic carbocycles. The molecule has 4 rings (SSSR count). The lowest BCUT2D eigenvalue weighted by Gasteiger charge is -2.46. The number of likely N-dealkylation sites (N-methyl/N-ethyl adjacent to an activating group) is 1. The zero-order chi connectivity index (χ0) is 22.8. The number of carboxylic acid groups (broad SMARTS) is 1. The van der Waals surface area contributed by atoms with Crippen LogP contribution in [0.3, 0.4) is 0 Å². The normalized spacial score (nSPS) is 18.4. The molecule has 0 bridgehead atoms. The second kappa shape index (κ2) is 8.66. The Morgan fingerprint density at radius 3 is 2.52 bits per heavy atom. The van der Waals surface area contributed by atoms with Gasteiger partial charge in [-0.05, 0) is 38.9 Å². The molecule has 0 unspecified atom stereocenters.